The fraction of sp³-hybridized carbons (Fsp3) is 0.600. The Bertz CT molecular complexity index is 423. The maximum Gasteiger partial charge on any atom is 0.120 e. The highest BCUT2D eigenvalue weighted by Crippen LogP contribution is 2.30. The van der Waals surface area contributed by atoms with E-state index in [1.807, 2.05) is 12.1 Å². The van der Waals surface area contributed by atoms with Crippen molar-refractivity contribution in [3.63, 3.8) is 0 Å². The minimum atomic E-state index is 0.283. The van der Waals surface area contributed by atoms with Gasteiger partial charge in [0.25, 0.3) is 0 Å². The summed E-state index contributed by atoms with van der Waals surface area (Å²) in [4.78, 5) is 2.36. The number of benzene rings is 1. The summed E-state index contributed by atoms with van der Waals surface area (Å²) in [5.41, 5.74) is 8.18. The first kappa shape index (κ1) is 14.2. The number of hydrogen-bond donors (Lipinski definition) is 1. The number of rotatable bonds is 4. The van der Waals surface area contributed by atoms with E-state index >= 15 is 0 Å². The van der Waals surface area contributed by atoms with Crippen molar-refractivity contribution in [3.05, 3.63) is 23.8 Å². The zero-order valence-electron chi connectivity index (χ0n) is 12.1. The molecule has 0 amide bonds. The zero-order chi connectivity index (χ0) is 13.8. The van der Waals surface area contributed by atoms with Gasteiger partial charge in [0.1, 0.15) is 5.75 Å². The van der Waals surface area contributed by atoms with Gasteiger partial charge in [0.15, 0.2) is 0 Å². The monoisotopic (exact) mass is 264 g/mol. The van der Waals surface area contributed by atoms with Gasteiger partial charge in [-0.05, 0) is 24.0 Å². The average molecular weight is 264 g/mol. The van der Waals surface area contributed by atoms with Crippen LogP contribution in [-0.4, -0.2) is 33.4 Å². The van der Waals surface area contributed by atoms with Gasteiger partial charge in [-0.15, -0.1) is 0 Å². The van der Waals surface area contributed by atoms with E-state index in [4.69, 9.17) is 15.2 Å². The Morgan fingerprint density at radius 2 is 2.16 bits per heavy atom. The summed E-state index contributed by atoms with van der Waals surface area (Å²) in [6.07, 6.45) is 1.42. The predicted octanol–water partition coefficient (Wildman–Crippen LogP) is 2.02. The van der Waals surface area contributed by atoms with Crippen LogP contribution in [0.5, 0.6) is 5.75 Å². The van der Waals surface area contributed by atoms with Gasteiger partial charge in [-0.25, -0.2) is 0 Å². The Balaban J connectivity index is 2.25. The van der Waals surface area contributed by atoms with Crippen LogP contribution in [-0.2, 0) is 11.3 Å². The second kappa shape index (κ2) is 6.26. The SMILES string of the molecule is COc1ccc(CN)c(N2CCC(C)C(OC)C2)c1. The summed E-state index contributed by atoms with van der Waals surface area (Å²) >= 11 is 0. The molecule has 1 saturated heterocycles. The summed E-state index contributed by atoms with van der Waals surface area (Å²) in [5, 5.41) is 0. The summed E-state index contributed by atoms with van der Waals surface area (Å²) in [6.45, 7) is 4.75. The molecule has 0 radical (unpaired) electrons. The van der Waals surface area contributed by atoms with Crippen LogP contribution in [0.1, 0.15) is 18.9 Å². The number of ether oxygens (including phenoxy) is 2. The minimum absolute atomic E-state index is 0.283. The number of anilines is 1. The second-order valence-electron chi connectivity index (χ2n) is 5.18. The van der Waals surface area contributed by atoms with E-state index in [0.717, 1.165) is 30.8 Å². The van der Waals surface area contributed by atoms with E-state index in [-0.39, 0.29) is 6.10 Å². The molecule has 0 aliphatic carbocycles. The molecule has 0 aromatic heterocycles. The van der Waals surface area contributed by atoms with Crippen LogP contribution in [0.4, 0.5) is 5.69 Å². The summed E-state index contributed by atoms with van der Waals surface area (Å²) in [5.74, 6) is 1.48. The molecule has 1 fully saturated rings. The third-order valence-electron chi connectivity index (χ3n) is 4.05. The molecule has 0 saturated carbocycles. The van der Waals surface area contributed by atoms with E-state index in [1.54, 1.807) is 14.2 Å². The lowest BCUT2D eigenvalue weighted by molar-refractivity contribution is 0.0498. The smallest absolute Gasteiger partial charge is 0.120 e. The molecule has 19 heavy (non-hydrogen) atoms. The van der Waals surface area contributed by atoms with Gasteiger partial charge in [-0.1, -0.05) is 13.0 Å². The zero-order valence-corrected chi connectivity index (χ0v) is 12.1. The van der Waals surface area contributed by atoms with Crippen LogP contribution in [0.25, 0.3) is 0 Å². The van der Waals surface area contributed by atoms with Crippen LogP contribution in [0.15, 0.2) is 18.2 Å². The Morgan fingerprint density at radius 1 is 1.37 bits per heavy atom. The molecule has 2 rings (SSSR count). The van der Waals surface area contributed by atoms with Gasteiger partial charge < -0.3 is 20.1 Å². The summed E-state index contributed by atoms with van der Waals surface area (Å²) in [7, 11) is 3.48. The molecule has 1 aromatic carbocycles. The van der Waals surface area contributed by atoms with Crippen molar-refractivity contribution in [2.45, 2.75) is 26.0 Å². The third kappa shape index (κ3) is 3.01. The molecule has 106 valence electrons. The molecule has 1 aliphatic heterocycles. The Kier molecular flexibility index (Phi) is 4.66. The molecular weight excluding hydrogens is 240 g/mol. The second-order valence-corrected chi connectivity index (χ2v) is 5.18. The Hall–Kier alpha value is -1.26. The van der Waals surface area contributed by atoms with Gasteiger partial charge in [0.05, 0.1) is 13.2 Å². The molecule has 2 unspecified atom stereocenters. The maximum atomic E-state index is 5.84. The van der Waals surface area contributed by atoms with Crippen molar-refractivity contribution >= 4 is 5.69 Å². The van der Waals surface area contributed by atoms with E-state index in [9.17, 15) is 0 Å². The quantitative estimate of drug-likeness (QED) is 0.904. The first-order chi connectivity index (χ1) is 9.19. The highest BCUT2D eigenvalue weighted by atomic mass is 16.5. The fourth-order valence-electron chi connectivity index (χ4n) is 2.70. The van der Waals surface area contributed by atoms with Crippen molar-refractivity contribution in [2.75, 3.05) is 32.2 Å². The maximum absolute atomic E-state index is 5.84. The largest absolute Gasteiger partial charge is 0.497 e. The van der Waals surface area contributed by atoms with Crippen LogP contribution in [0.2, 0.25) is 0 Å². The van der Waals surface area contributed by atoms with Crippen LogP contribution >= 0.6 is 0 Å². The first-order valence-electron chi connectivity index (χ1n) is 6.84. The van der Waals surface area contributed by atoms with Crippen molar-refractivity contribution in [1.82, 2.24) is 0 Å². The van der Waals surface area contributed by atoms with Gasteiger partial charge in [0, 0.05) is 38.5 Å². The Morgan fingerprint density at radius 3 is 2.79 bits per heavy atom. The topological polar surface area (TPSA) is 47.7 Å². The van der Waals surface area contributed by atoms with Gasteiger partial charge >= 0.3 is 0 Å². The molecule has 1 heterocycles. The van der Waals surface area contributed by atoms with E-state index in [1.165, 1.54) is 5.69 Å². The highest BCUT2D eigenvalue weighted by molar-refractivity contribution is 5.57. The predicted molar refractivity (Wildman–Crippen MR) is 77.7 cm³/mol. The van der Waals surface area contributed by atoms with Crippen LogP contribution in [0, 0.1) is 5.92 Å². The van der Waals surface area contributed by atoms with Gasteiger partial charge in [-0.3, -0.25) is 0 Å². The summed E-state index contributed by atoms with van der Waals surface area (Å²) < 4.78 is 10.9. The highest BCUT2D eigenvalue weighted by Gasteiger charge is 2.27. The van der Waals surface area contributed by atoms with Crippen LogP contribution < -0.4 is 15.4 Å². The standard InChI is InChI=1S/C15H24N2O2/c1-11-6-7-17(10-15(11)19-3)14-8-13(18-2)5-4-12(14)9-16/h4-5,8,11,15H,6-7,9-10,16H2,1-3H3. The molecule has 4 heteroatoms. The molecule has 0 bridgehead atoms. The minimum Gasteiger partial charge on any atom is -0.497 e. The van der Waals surface area contributed by atoms with Crippen molar-refractivity contribution in [2.24, 2.45) is 11.7 Å². The van der Waals surface area contributed by atoms with Crippen molar-refractivity contribution in [1.29, 1.82) is 0 Å². The Labute approximate surface area is 115 Å². The van der Waals surface area contributed by atoms with Gasteiger partial charge in [0.2, 0.25) is 0 Å². The average Bonchev–Trinajstić information content (AvgIpc) is 2.47. The van der Waals surface area contributed by atoms with E-state index < -0.39 is 0 Å². The number of nitrogens with zero attached hydrogens (tertiary/aromatic N) is 1. The van der Waals surface area contributed by atoms with E-state index in [0.29, 0.717) is 12.5 Å². The molecule has 2 N–H and O–H groups in total. The number of hydrogen-bond acceptors (Lipinski definition) is 4. The molecule has 1 aliphatic rings. The number of nitrogens with two attached hydrogens (primary N) is 1. The molecular formula is C15H24N2O2. The fourth-order valence-corrected chi connectivity index (χ4v) is 2.70. The lowest BCUT2D eigenvalue weighted by Crippen LogP contribution is -2.44. The normalized spacial score (nSPS) is 23.5. The molecule has 1 aromatic rings. The third-order valence-corrected chi connectivity index (χ3v) is 4.05. The lowest BCUT2D eigenvalue weighted by Gasteiger charge is -2.38. The first-order valence-corrected chi connectivity index (χ1v) is 6.84. The number of piperidine rings is 1. The summed E-state index contributed by atoms with van der Waals surface area (Å²) in [6, 6.07) is 6.09. The molecule has 2 atom stereocenters. The molecule has 4 nitrogen and oxygen atoms in total. The molecule has 0 spiro atoms. The van der Waals surface area contributed by atoms with Crippen LogP contribution in [0.3, 0.4) is 0 Å². The van der Waals surface area contributed by atoms with Crippen molar-refractivity contribution in [3.8, 4) is 5.75 Å². The number of methoxy groups -OCH3 is 2. The van der Waals surface area contributed by atoms with Crippen molar-refractivity contribution < 1.29 is 9.47 Å². The van der Waals surface area contributed by atoms with Gasteiger partial charge in [-0.2, -0.15) is 0 Å². The lowest BCUT2D eigenvalue weighted by atomic mass is 9.95. The van der Waals surface area contributed by atoms with E-state index in [2.05, 4.69) is 17.9 Å².